The summed E-state index contributed by atoms with van der Waals surface area (Å²) >= 11 is 6.11. The van der Waals surface area contributed by atoms with Gasteiger partial charge in [-0.25, -0.2) is 0 Å². The van der Waals surface area contributed by atoms with Crippen molar-refractivity contribution in [3.63, 3.8) is 0 Å². The Morgan fingerprint density at radius 1 is 1.19 bits per heavy atom. The number of nitrogens with one attached hydrogen (secondary N) is 1. The summed E-state index contributed by atoms with van der Waals surface area (Å²) in [5.41, 5.74) is 2.42. The van der Waals surface area contributed by atoms with Crippen molar-refractivity contribution in [1.29, 1.82) is 0 Å². The third-order valence-corrected chi connectivity index (χ3v) is 4.07. The molecule has 110 valence electrons. The Morgan fingerprint density at radius 3 is 2.81 bits per heavy atom. The molecule has 0 fully saturated rings. The summed E-state index contributed by atoms with van der Waals surface area (Å²) in [6.07, 6.45) is 0. The average Bonchev–Trinajstić information content (AvgIpc) is 2.51. The molecule has 21 heavy (non-hydrogen) atoms. The van der Waals surface area contributed by atoms with Crippen molar-refractivity contribution in [3.8, 4) is 5.75 Å². The monoisotopic (exact) mass is 302 g/mol. The summed E-state index contributed by atoms with van der Waals surface area (Å²) in [5.74, 6) is 0.746. The number of halogens is 1. The maximum atomic E-state index is 6.11. The minimum atomic E-state index is 0.440. The second-order valence-corrected chi connectivity index (χ2v) is 5.63. The lowest BCUT2D eigenvalue weighted by molar-refractivity contribution is 0.320. The van der Waals surface area contributed by atoms with Gasteiger partial charge in [0.05, 0.1) is 22.9 Å². The van der Waals surface area contributed by atoms with Gasteiger partial charge in [0, 0.05) is 12.6 Å². The zero-order chi connectivity index (χ0) is 14.7. The molecule has 1 heterocycles. The molecule has 0 saturated heterocycles. The highest BCUT2D eigenvalue weighted by atomic mass is 35.5. The quantitative estimate of drug-likeness (QED) is 0.922. The minimum Gasteiger partial charge on any atom is -0.490 e. The predicted molar refractivity (Wildman–Crippen MR) is 88.7 cm³/mol. The lowest BCUT2D eigenvalue weighted by atomic mass is 10.1. The van der Waals surface area contributed by atoms with Crippen LogP contribution in [0.25, 0.3) is 0 Å². The molecule has 3 nitrogen and oxygen atoms in total. The van der Waals surface area contributed by atoms with Gasteiger partial charge in [-0.1, -0.05) is 35.9 Å². The normalized spacial score (nSPS) is 17.0. The van der Waals surface area contributed by atoms with Crippen LogP contribution in [0.15, 0.2) is 48.5 Å². The van der Waals surface area contributed by atoms with E-state index >= 15 is 0 Å². The molecular formula is C17H19ClN2O. The average molecular weight is 303 g/mol. The maximum Gasteiger partial charge on any atom is 0.137 e. The Hall–Kier alpha value is -1.87. The van der Waals surface area contributed by atoms with Gasteiger partial charge in [-0.2, -0.15) is 0 Å². The second kappa shape index (κ2) is 6.27. The SMILES string of the molecule is CC1CNc2ccccc2N1CCOc1ccccc1Cl. The topological polar surface area (TPSA) is 24.5 Å². The second-order valence-electron chi connectivity index (χ2n) is 5.22. The Balaban J connectivity index is 1.66. The summed E-state index contributed by atoms with van der Waals surface area (Å²) in [4.78, 5) is 2.38. The van der Waals surface area contributed by atoms with Crippen LogP contribution in [-0.2, 0) is 0 Å². The van der Waals surface area contributed by atoms with Gasteiger partial charge in [-0.3, -0.25) is 0 Å². The van der Waals surface area contributed by atoms with Crippen LogP contribution in [0, 0.1) is 0 Å². The minimum absolute atomic E-state index is 0.440. The zero-order valence-corrected chi connectivity index (χ0v) is 12.8. The van der Waals surface area contributed by atoms with Crippen molar-refractivity contribution in [2.24, 2.45) is 0 Å². The van der Waals surface area contributed by atoms with Crippen LogP contribution >= 0.6 is 11.6 Å². The molecule has 0 amide bonds. The lowest BCUT2D eigenvalue weighted by Gasteiger charge is -2.37. The Kier molecular flexibility index (Phi) is 4.20. The number of hydrogen-bond acceptors (Lipinski definition) is 3. The number of rotatable bonds is 4. The van der Waals surface area contributed by atoms with Gasteiger partial charge in [-0.05, 0) is 31.2 Å². The Labute approximate surface area is 130 Å². The number of hydrogen-bond donors (Lipinski definition) is 1. The summed E-state index contributed by atoms with van der Waals surface area (Å²) in [6, 6.07) is 16.4. The summed E-state index contributed by atoms with van der Waals surface area (Å²) < 4.78 is 5.81. The molecule has 1 unspecified atom stereocenters. The van der Waals surface area contributed by atoms with Crippen LogP contribution in [0.4, 0.5) is 11.4 Å². The number of nitrogens with zero attached hydrogens (tertiary/aromatic N) is 1. The third kappa shape index (κ3) is 3.08. The van der Waals surface area contributed by atoms with Crippen molar-refractivity contribution >= 4 is 23.0 Å². The van der Waals surface area contributed by atoms with E-state index in [0.717, 1.165) is 18.8 Å². The van der Waals surface area contributed by atoms with Gasteiger partial charge in [0.25, 0.3) is 0 Å². The zero-order valence-electron chi connectivity index (χ0n) is 12.1. The first-order valence-corrected chi connectivity index (χ1v) is 7.60. The Bertz CT molecular complexity index is 617. The Morgan fingerprint density at radius 2 is 1.95 bits per heavy atom. The molecule has 0 saturated carbocycles. The number of ether oxygens (including phenoxy) is 1. The van der Waals surface area contributed by atoms with Gasteiger partial charge >= 0.3 is 0 Å². The largest absolute Gasteiger partial charge is 0.490 e. The van der Waals surface area contributed by atoms with Crippen molar-refractivity contribution in [1.82, 2.24) is 0 Å². The highest BCUT2D eigenvalue weighted by Crippen LogP contribution is 2.31. The van der Waals surface area contributed by atoms with E-state index in [1.165, 1.54) is 11.4 Å². The van der Waals surface area contributed by atoms with Crippen molar-refractivity contribution in [3.05, 3.63) is 53.6 Å². The van der Waals surface area contributed by atoms with Crippen LogP contribution in [0.1, 0.15) is 6.92 Å². The fraction of sp³-hybridized carbons (Fsp3) is 0.294. The van der Waals surface area contributed by atoms with E-state index < -0.39 is 0 Å². The molecule has 2 aromatic carbocycles. The van der Waals surface area contributed by atoms with E-state index in [0.29, 0.717) is 17.7 Å². The van der Waals surface area contributed by atoms with E-state index in [9.17, 15) is 0 Å². The first-order chi connectivity index (χ1) is 10.3. The van der Waals surface area contributed by atoms with Crippen molar-refractivity contribution in [2.45, 2.75) is 13.0 Å². The summed E-state index contributed by atoms with van der Waals surface area (Å²) in [7, 11) is 0. The molecule has 0 aromatic heterocycles. The molecule has 1 aliphatic heterocycles. The molecule has 2 aromatic rings. The number of fused-ring (bicyclic) bond motifs is 1. The number of anilines is 2. The third-order valence-electron chi connectivity index (χ3n) is 3.76. The summed E-state index contributed by atoms with van der Waals surface area (Å²) in [6.45, 7) is 4.62. The van der Waals surface area contributed by atoms with E-state index in [1.807, 2.05) is 24.3 Å². The van der Waals surface area contributed by atoms with Gasteiger partial charge < -0.3 is 15.0 Å². The molecule has 1 aliphatic rings. The number of para-hydroxylation sites is 3. The van der Waals surface area contributed by atoms with Crippen LogP contribution in [0.3, 0.4) is 0 Å². The summed E-state index contributed by atoms with van der Waals surface area (Å²) in [5, 5.41) is 4.11. The first-order valence-electron chi connectivity index (χ1n) is 7.22. The van der Waals surface area contributed by atoms with Gasteiger partial charge in [0.2, 0.25) is 0 Å². The molecule has 0 bridgehead atoms. The van der Waals surface area contributed by atoms with Crippen molar-refractivity contribution in [2.75, 3.05) is 29.9 Å². The number of benzene rings is 2. The molecular weight excluding hydrogens is 284 g/mol. The van der Waals surface area contributed by atoms with Crippen molar-refractivity contribution < 1.29 is 4.74 Å². The highest BCUT2D eigenvalue weighted by molar-refractivity contribution is 6.32. The fourth-order valence-electron chi connectivity index (χ4n) is 2.64. The predicted octanol–water partition coefficient (Wildman–Crippen LogP) is 4.04. The lowest BCUT2D eigenvalue weighted by Crippen LogP contribution is -2.44. The first kappa shape index (κ1) is 14.1. The molecule has 3 rings (SSSR count). The van der Waals surface area contributed by atoms with Gasteiger partial charge in [0.15, 0.2) is 0 Å². The maximum absolute atomic E-state index is 6.11. The van der Waals surface area contributed by atoms with Gasteiger partial charge in [0.1, 0.15) is 12.4 Å². The standard InChI is InChI=1S/C17H19ClN2O/c1-13-12-19-15-7-3-4-8-16(15)20(13)10-11-21-17-9-5-2-6-14(17)18/h2-9,13,19H,10-12H2,1H3. The molecule has 0 aliphatic carbocycles. The van der Waals surface area contributed by atoms with E-state index in [4.69, 9.17) is 16.3 Å². The van der Waals surface area contributed by atoms with Crippen LogP contribution in [-0.4, -0.2) is 25.7 Å². The van der Waals surface area contributed by atoms with Crippen LogP contribution in [0.2, 0.25) is 5.02 Å². The molecule has 1 N–H and O–H groups in total. The van der Waals surface area contributed by atoms with Crippen LogP contribution < -0.4 is 15.0 Å². The van der Waals surface area contributed by atoms with Gasteiger partial charge in [-0.15, -0.1) is 0 Å². The molecule has 1 atom stereocenters. The van der Waals surface area contributed by atoms with E-state index in [1.54, 1.807) is 0 Å². The fourth-order valence-corrected chi connectivity index (χ4v) is 2.83. The van der Waals surface area contributed by atoms with E-state index in [2.05, 4.69) is 41.4 Å². The molecule has 0 radical (unpaired) electrons. The van der Waals surface area contributed by atoms with E-state index in [-0.39, 0.29) is 0 Å². The highest BCUT2D eigenvalue weighted by Gasteiger charge is 2.21. The molecule has 0 spiro atoms. The molecule has 4 heteroatoms. The van der Waals surface area contributed by atoms with Crippen LogP contribution in [0.5, 0.6) is 5.75 Å². The smallest absolute Gasteiger partial charge is 0.137 e.